The fourth-order valence-electron chi connectivity index (χ4n) is 1.99. The molecule has 2 aromatic rings. The van der Waals surface area contributed by atoms with Crippen LogP contribution in [0, 0.1) is 12.7 Å². The molecule has 0 spiro atoms. The van der Waals surface area contributed by atoms with Crippen molar-refractivity contribution in [1.82, 2.24) is 10.6 Å². The van der Waals surface area contributed by atoms with Crippen LogP contribution in [-0.4, -0.2) is 24.9 Å². The van der Waals surface area contributed by atoms with Crippen LogP contribution >= 0.6 is 0 Å². The number of nitrogens with one attached hydrogen (secondary N) is 2. The zero-order valence-electron chi connectivity index (χ0n) is 12.9. The van der Waals surface area contributed by atoms with Crippen LogP contribution < -0.4 is 10.6 Å². The van der Waals surface area contributed by atoms with E-state index in [1.807, 2.05) is 6.07 Å². The summed E-state index contributed by atoms with van der Waals surface area (Å²) in [5, 5.41) is 5.33. The van der Waals surface area contributed by atoms with Crippen LogP contribution in [0.4, 0.5) is 4.39 Å². The Morgan fingerprint density at radius 2 is 1.96 bits per heavy atom. The van der Waals surface area contributed by atoms with Gasteiger partial charge in [0.15, 0.2) is 0 Å². The fourth-order valence-corrected chi connectivity index (χ4v) is 1.99. The third-order valence-electron chi connectivity index (χ3n) is 3.35. The van der Waals surface area contributed by atoms with Crippen LogP contribution in [0.25, 0.3) is 0 Å². The number of carbonyl (C=O) groups excluding carboxylic acids is 2. The third-order valence-corrected chi connectivity index (χ3v) is 3.35. The molecule has 1 heterocycles. The Kier molecular flexibility index (Phi) is 5.91. The minimum absolute atomic E-state index is 0.114. The Bertz CT molecular complexity index is 668. The second-order valence-corrected chi connectivity index (χ2v) is 5.15. The van der Waals surface area contributed by atoms with E-state index < -0.39 is 5.82 Å². The van der Waals surface area contributed by atoms with Crippen LogP contribution in [0.3, 0.4) is 0 Å². The molecule has 5 nitrogen and oxygen atoms in total. The van der Waals surface area contributed by atoms with Crippen molar-refractivity contribution in [3.05, 3.63) is 59.3 Å². The lowest BCUT2D eigenvalue weighted by Crippen LogP contribution is -2.34. The normalized spacial score (nSPS) is 10.3. The summed E-state index contributed by atoms with van der Waals surface area (Å²) in [6.45, 7) is 2.23. The Labute approximate surface area is 133 Å². The van der Waals surface area contributed by atoms with Crippen LogP contribution in [0.15, 0.2) is 41.0 Å². The predicted molar refractivity (Wildman–Crippen MR) is 83.5 cm³/mol. The summed E-state index contributed by atoms with van der Waals surface area (Å²) in [5.41, 5.74) is 0.752. The molecule has 2 N–H and O–H groups in total. The first kappa shape index (κ1) is 16.7. The molecule has 2 rings (SSSR count). The Morgan fingerprint density at radius 3 is 2.65 bits per heavy atom. The topological polar surface area (TPSA) is 71.3 Å². The van der Waals surface area contributed by atoms with Gasteiger partial charge in [0.05, 0.1) is 6.26 Å². The van der Waals surface area contributed by atoms with E-state index in [1.54, 1.807) is 31.4 Å². The number of benzene rings is 1. The molecule has 0 aliphatic carbocycles. The number of halogens is 1. The highest BCUT2D eigenvalue weighted by molar-refractivity contribution is 5.94. The SMILES string of the molecule is Cc1ccc(C(=O)NCCNC(=O)CCc2ccco2)cc1F. The van der Waals surface area contributed by atoms with Crippen molar-refractivity contribution in [2.75, 3.05) is 13.1 Å². The zero-order valence-corrected chi connectivity index (χ0v) is 12.9. The van der Waals surface area contributed by atoms with Crippen molar-refractivity contribution in [2.45, 2.75) is 19.8 Å². The van der Waals surface area contributed by atoms with Crippen molar-refractivity contribution in [3.8, 4) is 0 Å². The van der Waals surface area contributed by atoms with Crippen LogP contribution in [0.2, 0.25) is 0 Å². The molecule has 1 aromatic heterocycles. The maximum atomic E-state index is 13.4. The molecule has 0 saturated carbocycles. The van der Waals surface area contributed by atoms with E-state index in [0.29, 0.717) is 24.9 Å². The van der Waals surface area contributed by atoms with Gasteiger partial charge in [-0.1, -0.05) is 6.07 Å². The molecule has 23 heavy (non-hydrogen) atoms. The Balaban J connectivity index is 1.65. The number of aryl methyl sites for hydroxylation is 2. The van der Waals surface area contributed by atoms with Crippen molar-refractivity contribution in [1.29, 1.82) is 0 Å². The standard InChI is InChI=1S/C17H19FN2O3/c1-12-4-5-13(11-15(12)18)17(22)20-9-8-19-16(21)7-6-14-3-2-10-23-14/h2-5,10-11H,6-9H2,1H3,(H,19,21)(H,20,22). The van der Waals surface area contributed by atoms with Crippen molar-refractivity contribution >= 4 is 11.8 Å². The number of carbonyl (C=O) groups is 2. The van der Waals surface area contributed by atoms with Crippen molar-refractivity contribution < 1.29 is 18.4 Å². The predicted octanol–water partition coefficient (Wildman–Crippen LogP) is 2.21. The van der Waals surface area contributed by atoms with Gasteiger partial charge in [-0.05, 0) is 36.8 Å². The van der Waals surface area contributed by atoms with Gasteiger partial charge in [-0.3, -0.25) is 9.59 Å². The minimum Gasteiger partial charge on any atom is -0.469 e. The van der Waals surface area contributed by atoms with E-state index >= 15 is 0 Å². The van der Waals surface area contributed by atoms with Crippen LogP contribution in [-0.2, 0) is 11.2 Å². The molecule has 0 aliphatic rings. The number of hydrogen-bond donors (Lipinski definition) is 2. The number of amides is 2. The van der Waals surface area contributed by atoms with E-state index in [2.05, 4.69) is 10.6 Å². The Morgan fingerprint density at radius 1 is 1.17 bits per heavy atom. The van der Waals surface area contributed by atoms with Crippen molar-refractivity contribution in [3.63, 3.8) is 0 Å². The number of hydrogen-bond acceptors (Lipinski definition) is 3. The first-order valence-corrected chi connectivity index (χ1v) is 7.39. The molecule has 2 amide bonds. The molecule has 0 bridgehead atoms. The van der Waals surface area contributed by atoms with E-state index in [0.717, 1.165) is 5.76 Å². The zero-order chi connectivity index (χ0) is 16.7. The summed E-state index contributed by atoms with van der Waals surface area (Å²) in [5.74, 6) is -0.135. The smallest absolute Gasteiger partial charge is 0.251 e. The van der Waals surface area contributed by atoms with Crippen molar-refractivity contribution in [2.24, 2.45) is 0 Å². The summed E-state index contributed by atoms with van der Waals surface area (Å²) in [6.07, 6.45) is 2.43. The van der Waals surface area contributed by atoms with Gasteiger partial charge in [-0.2, -0.15) is 0 Å². The molecular formula is C17H19FN2O3. The quantitative estimate of drug-likeness (QED) is 0.769. The maximum Gasteiger partial charge on any atom is 0.251 e. The van der Waals surface area contributed by atoms with Gasteiger partial charge < -0.3 is 15.1 Å². The van der Waals surface area contributed by atoms with E-state index in [4.69, 9.17) is 4.42 Å². The number of furan rings is 1. The van der Waals surface area contributed by atoms with E-state index in [9.17, 15) is 14.0 Å². The summed E-state index contributed by atoms with van der Waals surface area (Å²) >= 11 is 0. The van der Waals surface area contributed by atoms with Gasteiger partial charge in [0, 0.05) is 31.5 Å². The summed E-state index contributed by atoms with van der Waals surface area (Å²) in [4.78, 5) is 23.5. The second-order valence-electron chi connectivity index (χ2n) is 5.15. The lowest BCUT2D eigenvalue weighted by Gasteiger charge is -2.07. The molecule has 0 atom stereocenters. The first-order valence-electron chi connectivity index (χ1n) is 7.39. The highest BCUT2D eigenvalue weighted by Gasteiger charge is 2.08. The molecule has 122 valence electrons. The molecule has 0 unspecified atom stereocenters. The molecule has 1 aromatic carbocycles. The molecular weight excluding hydrogens is 299 g/mol. The van der Waals surface area contributed by atoms with Gasteiger partial charge in [0.1, 0.15) is 11.6 Å². The van der Waals surface area contributed by atoms with Gasteiger partial charge in [-0.25, -0.2) is 4.39 Å². The lowest BCUT2D eigenvalue weighted by atomic mass is 10.1. The average Bonchev–Trinajstić information content (AvgIpc) is 3.05. The highest BCUT2D eigenvalue weighted by atomic mass is 19.1. The first-order chi connectivity index (χ1) is 11.1. The highest BCUT2D eigenvalue weighted by Crippen LogP contribution is 2.08. The maximum absolute atomic E-state index is 13.4. The average molecular weight is 318 g/mol. The number of rotatable bonds is 7. The third kappa shape index (κ3) is 5.25. The van der Waals surface area contributed by atoms with E-state index in [-0.39, 0.29) is 23.9 Å². The van der Waals surface area contributed by atoms with Crippen LogP contribution in [0.5, 0.6) is 0 Å². The molecule has 0 aliphatic heterocycles. The lowest BCUT2D eigenvalue weighted by molar-refractivity contribution is -0.121. The van der Waals surface area contributed by atoms with Gasteiger partial charge in [-0.15, -0.1) is 0 Å². The minimum atomic E-state index is -0.413. The second kappa shape index (κ2) is 8.12. The Hall–Kier alpha value is -2.63. The summed E-state index contributed by atoms with van der Waals surface area (Å²) < 4.78 is 18.5. The van der Waals surface area contributed by atoms with Crippen LogP contribution in [0.1, 0.15) is 28.1 Å². The molecule has 6 heteroatoms. The summed E-state index contributed by atoms with van der Waals surface area (Å²) in [6, 6.07) is 7.91. The molecule has 0 radical (unpaired) electrons. The monoisotopic (exact) mass is 318 g/mol. The van der Waals surface area contributed by atoms with E-state index in [1.165, 1.54) is 6.07 Å². The van der Waals surface area contributed by atoms with Gasteiger partial charge >= 0.3 is 0 Å². The fraction of sp³-hybridized carbons (Fsp3) is 0.294. The van der Waals surface area contributed by atoms with Gasteiger partial charge in [0.25, 0.3) is 5.91 Å². The molecule has 0 saturated heterocycles. The molecule has 0 fully saturated rings. The van der Waals surface area contributed by atoms with Gasteiger partial charge in [0.2, 0.25) is 5.91 Å². The largest absolute Gasteiger partial charge is 0.469 e. The summed E-state index contributed by atoms with van der Waals surface area (Å²) in [7, 11) is 0.